The first-order valence-corrected chi connectivity index (χ1v) is 17.3. The highest BCUT2D eigenvalue weighted by atomic mass is 16.3. The van der Waals surface area contributed by atoms with Crippen LogP contribution in [-0.2, 0) is 0 Å². The van der Waals surface area contributed by atoms with Crippen LogP contribution in [0.4, 0.5) is 17.1 Å². The lowest BCUT2D eigenvalue weighted by Gasteiger charge is -2.26. The van der Waals surface area contributed by atoms with Gasteiger partial charge < -0.3 is 13.7 Å². The molecule has 10 aromatic rings. The Labute approximate surface area is 295 Å². The highest BCUT2D eigenvalue weighted by Crippen LogP contribution is 2.44. The van der Waals surface area contributed by atoms with Crippen LogP contribution in [0.25, 0.3) is 77.3 Å². The van der Waals surface area contributed by atoms with Crippen LogP contribution >= 0.6 is 0 Å². The average molecular weight is 654 g/mol. The van der Waals surface area contributed by atoms with Crippen LogP contribution in [-0.4, -0.2) is 0 Å². The number of hydrogen-bond acceptors (Lipinski definition) is 3. The van der Waals surface area contributed by atoms with E-state index in [0.717, 1.165) is 72.1 Å². The van der Waals surface area contributed by atoms with Crippen molar-refractivity contribution in [3.8, 4) is 33.4 Å². The summed E-state index contributed by atoms with van der Waals surface area (Å²) in [4.78, 5) is 2.33. The summed E-state index contributed by atoms with van der Waals surface area (Å²) in [5.41, 5.74) is 13.6. The molecule has 2 heterocycles. The Balaban J connectivity index is 1.13. The second-order valence-corrected chi connectivity index (χ2v) is 12.9. The van der Waals surface area contributed by atoms with Crippen molar-refractivity contribution in [2.75, 3.05) is 4.90 Å². The summed E-state index contributed by atoms with van der Waals surface area (Å²) in [6.45, 7) is 0. The summed E-state index contributed by atoms with van der Waals surface area (Å²) in [5, 5.41) is 4.26. The van der Waals surface area contributed by atoms with Crippen molar-refractivity contribution in [2.24, 2.45) is 0 Å². The Hall–Kier alpha value is -6.84. The molecule has 2 aromatic heterocycles. The van der Waals surface area contributed by atoms with E-state index in [9.17, 15) is 0 Å². The van der Waals surface area contributed by atoms with Crippen molar-refractivity contribution in [1.29, 1.82) is 0 Å². The third-order valence-electron chi connectivity index (χ3n) is 9.89. The Kier molecular flexibility index (Phi) is 6.81. The minimum absolute atomic E-state index is 0.818. The van der Waals surface area contributed by atoms with Crippen molar-refractivity contribution in [3.05, 3.63) is 188 Å². The van der Waals surface area contributed by atoms with Gasteiger partial charge in [0.05, 0.1) is 5.39 Å². The summed E-state index contributed by atoms with van der Waals surface area (Å²) in [5.74, 6) is 0. The molecule has 3 heteroatoms. The summed E-state index contributed by atoms with van der Waals surface area (Å²) in [6, 6.07) is 66.2. The third kappa shape index (κ3) is 4.98. The molecular formula is C48H31NO2. The predicted molar refractivity (Wildman–Crippen MR) is 212 cm³/mol. The van der Waals surface area contributed by atoms with Crippen LogP contribution in [0.15, 0.2) is 197 Å². The largest absolute Gasteiger partial charge is 0.456 e. The highest BCUT2D eigenvalue weighted by molar-refractivity contribution is 6.24. The minimum atomic E-state index is 0.818. The number of nitrogens with zero attached hydrogens (tertiary/aromatic N) is 1. The Morgan fingerprint density at radius 3 is 1.55 bits per heavy atom. The number of benzene rings is 8. The molecular weight excluding hydrogens is 623 g/mol. The molecule has 0 aliphatic carbocycles. The normalized spacial score (nSPS) is 11.5. The topological polar surface area (TPSA) is 29.5 Å². The van der Waals surface area contributed by atoms with Crippen LogP contribution in [0.2, 0.25) is 0 Å². The van der Waals surface area contributed by atoms with Gasteiger partial charge in [-0.2, -0.15) is 0 Å². The highest BCUT2D eigenvalue weighted by Gasteiger charge is 2.20. The molecule has 0 spiro atoms. The fourth-order valence-corrected chi connectivity index (χ4v) is 7.45. The number of hydrogen-bond donors (Lipinski definition) is 0. The molecule has 0 aliphatic rings. The molecule has 8 aromatic carbocycles. The van der Waals surface area contributed by atoms with Crippen LogP contribution in [0.5, 0.6) is 0 Å². The Morgan fingerprint density at radius 1 is 0.314 bits per heavy atom. The standard InChI is InChI=1S/C48H31NO2/c1-3-11-32(12-4-1)34-21-25-37(26-22-34)49(38-27-23-35(24-28-38)33-13-5-2-6-14-33)39-16-9-15-36(31-39)40-18-10-20-44-46(40)47-45(50-44)30-29-42-41-17-7-8-19-43(41)51-48(42)47/h1-31H. The SMILES string of the molecule is c1ccc(-c2ccc(N(c3ccc(-c4ccccc4)cc3)c3cccc(-c4cccc5oc6ccc7c8ccccc8oc7c6c45)c3)cc2)cc1. The van der Waals surface area contributed by atoms with Gasteiger partial charge in [0.25, 0.3) is 0 Å². The molecule has 0 saturated heterocycles. The maximum absolute atomic E-state index is 6.52. The smallest absolute Gasteiger partial charge is 0.147 e. The molecule has 51 heavy (non-hydrogen) atoms. The van der Waals surface area contributed by atoms with E-state index in [-0.39, 0.29) is 0 Å². The van der Waals surface area contributed by atoms with Crippen LogP contribution in [0.1, 0.15) is 0 Å². The molecule has 10 rings (SSSR count). The zero-order valence-corrected chi connectivity index (χ0v) is 27.7. The van der Waals surface area contributed by atoms with Crippen LogP contribution in [0, 0.1) is 0 Å². The number of para-hydroxylation sites is 1. The van der Waals surface area contributed by atoms with Gasteiger partial charge in [0.15, 0.2) is 0 Å². The number of furan rings is 2. The average Bonchev–Trinajstić information content (AvgIpc) is 3.78. The molecule has 0 amide bonds. The van der Waals surface area contributed by atoms with E-state index in [2.05, 4.69) is 175 Å². The van der Waals surface area contributed by atoms with Crippen molar-refractivity contribution >= 4 is 60.9 Å². The molecule has 0 fully saturated rings. The van der Waals surface area contributed by atoms with Gasteiger partial charge in [-0.25, -0.2) is 0 Å². The fraction of sp³-hybridized carbons (Fsp3) is 0. The van der Waals surface area contributed by atoms with E-state index in [0.29, 0.717) is 0 Å². The fourth-order valence-electron chi connectivity index (χ4n) is 7.45. The van der Waals surface area contributed by atoms with Crippen molar-refractivity contribution in [2.45, 2.75) is 0 Å². The molecule has 0 atom stereocenters. The molecule has 0 bridgehead atoms. The molecule has 0 radical (unpaired) electrons. The van der Waals surface area contributed by atoms with Gasteiger partial charge >= 0.3 is 0 Å². The predicted octanol–water partition coefficient (Wildman–Crippen LogP) is 14.0. The lowest BCUT2D eigenvalue weighted by atomic mass is 9.97. The second kappa shape index (κ2) is 11.9. The minimum Gasteiger partial charge on any atom is -0.456 e. The lowest BCUT2D eigenvalue weighted by molar-refractivity contribution is 0.663. The van der Waals surface area contributed by atoms with E-state index in [1.165, 1.54) is 22.3 Å². The molecule has 0 saturated carbocycles. The van der Waals surface area contributed by atoms with Crippen LogP contribution < -0.4 is 4.90 Å². The van der Waals surface area contributed by atoms with Crippen LogP contribution in [0.3, 0.4) is 0 Å². The molecule has 0 unspecified atom stereocenters. The van der Waals surface area contributed by atoms with Crippen molar-refractivity contribution < 1.29 is 8.83 Å². The molecule has 0 aliphatic heterocycles. The number of fused-ring (bicyclic) bond motifs is 7. The van der Waals surface area contributed by atoms with Gasteiger partial charge in [-0.15, -0.1) is 0 Å². The first-order chi connectivity index (χ1) is 25.3. The van der Waals surface area contributed by atoms with Gasteiger partial charge in [-0.1, -0.05) is 127 Å². The van der Waals surface area contributed by atoms with Gasteiger partial charge in [0.2, 0.25) is 0 Å². The monoisotopic (exact) mass is 653 g/mol. The first-order valence-electron chi connectivity index (χ1n) is 17.3. The molecule has 3 nitrogen and oxygen atoms in total. The van der Waals surface area contributed by atoms with Gasteiger partial charge in [-0.05, 0) is 94.0 Å². The van der Waals surface area contributed by atoms with Gasteiger partial charge in [0.1, 0.15) is 22.3 Å². The molecule has 240 valence electrons. The van der Waals surface area contributed by atoms with Crippen molar-refractivity contribution in [3.63, 3.8) is 0 Å². The van der Waals surface area contributed by atoms with Gasteiger partial charge in [0, 0.05) is 33.2 Å². The first kappa shape index (κ1) is 29.1. The summed E-state index contributed by atoms with van der Waals surface area (Å²) < 4.78 is 13.0. The van der Waals surface area contributed by atoms with Gasteiger partial charge in [-0.3, -0.25) is 0 Å². The van der Waals surface area contributed by atoms with E-state index in [1.54, 1.807) is 0 Å². The van der Waals surface area contributed by atoms with E-state index >= 15 is 0 Å². The number of anilines is 3. The number of rotatable bonds is 6. The zero-order chi connectivity index (χ0) is 33.7. The summed E-state index contributed by atoms with van der Waals surface area (Å²) in [7, 11) is 0. The Bertz CT molecular complexity index is 2750. The maximum atomic E-state index is 6.52. The zero-order valence-electron chi connectivity index (χ0n) is 27.7. The second-order valence-electron chi connectivity index (χ2n) is 12.9. The van der Waals surface area contributed by atoms with E-state index < -0.39 is 0 Å². The molecule has 0 N–H and O–H groups in total. The van der Waals surface area contributed by atoms with E-state index in [1.807, 2.05) is 18.2 Å². The lowest BCUT2D eigenvalue weighted by Crippen LogP contribution is -2.10. The van der Waals surface area contributed by atoms with Crippen molar-refractivity contribution in [1.82, 2.24) is 0 Å². The summed E-state index contributed by atoms with van der Waals surface area (Å²) >= 11 is 0. The third-order valence-corrected chi connectivity index (χ3v) is 9.89. The quantitative estimate of drug-likeness (QED) is 0.179. The summed E-state index contributed by atoms with van der Waals surface area (Å²) in [6.07, 6.45) is 0. The Morgan fingerprint density at radius 2 is 0.863 bits per heavy atom. The van der Waals surface area contributed by atoms with E-state index in [4.69, 9.17) is 8.83 Å². The maximum Gasteiger partial charge on any atom is 0.147 e.